The van der Waals surface area contributed by atoms with Crippen LogP contribution in [0.5, 0.6) is 10.8 Å². The van der Waals surface area contributed by atoms with Crippen LogP contribution in [-0.2, 0) is 0 Å². The van der Waals surface area contributed by atoms with E-state index in [0.29, 0.717) is 5.56 Å². The SMILES string of the molecule is Cc1ccc(C(=O)Nc2cc(C(=O)O)sc2Oc2ccc(F)nc2)cc1. The van der Waals surface area contributed by atoms with E-state index < -0.39 is 17.8 Å². The molecule has 2 N–H and O–H groups in total. The molecule has 1 aromatic carbocycles. The lowest BCUT2D eigenvalue weighted by Crippen LogP contribution is -2.11. The van der Waals surface area contributed by atoms with E-state index in [9.17, 15) is 19.1 Å². The van der Waals surface area contributed by atoms with Crippen LogP contribution in [0.1, 0.15) is 25.6 Å². The quantitative estimate of drug-likeness (QED) is 0.651. The number of amides is 1. The number of thiophene rings is 1. The summed E-state index contributed by atoms with van der Waals surface area (Å²) < 4.78 is 18.5. The standard InChI is InChI=1S/C18H13FN2O4S/c1-10-2-4-11(5-3-10)16(22)21-13-8-14(17(23)24)26-18(13)25-12-6-7-15(19)20-9-12/h2-9H,1H3,(H,21,22)(H,23,24). The van der Waals surface area contributed by atoms with Gasteiger partial charge in [0.1, 0.15) is 10.6 Å². The lowest BCUT2D eigenvalue weighted by molar-refractivity contribution is 0.0701. The maximum Gasteiger partial charge on any atom is 0.346 e. The van der Waals surface area contributed by atoms with Gasteiger partial charge in [-0.25, -0.2) is 9.78 Å². The van der Waals surface area contributed by atoms with Crippen LogP contribution in [0.2, 0.25) is 0 Å². The lowest BCUT2D eigenvalue weighted by Gasteiger charge is -2.08. The number of nitrogens with one attached hydrogen (secondary N) is 1. The lowest BCUT2D eigenvalue weighted by atomic mass is 10.1. The van der Waals surface area contributed by atoms with Crippen molar-refractivity contribution < 1.29 is 23.8 Å². The molecule has 0 aliphatic carbocycles. The number of ether oxygens (including phenoxy) is 1. The second-order valence-electron chi connectivity index (χ2n) is 5.36. The van der Waals surface area contributed by atoms with Crippen LogP contribution in [0.25, 0.3) is 0 Å². The normalized spacial score (nSPS) is 10.4. The molecule has 0 radical (unpaired) electrons. The maximum absolute atomic E-state index is 12.9. The molecule has 0 spiro atoms. The number of carbonyl (C=O) groups excluding carboxylic acids is 1. The summed E-state index contributed by atoms with van der Waals surface area (Å²) in [5.74, 6) is -1.99. The third kappa shape index (κ3) is 4.04. The molecule has 0 saturated heterocycles. The van der Waals surface area contributed by atoms with Gasteiger partial charge in [-0.3, -0.25) is 4.79 Å². The van der Waals surface area contributed by atoms with Crippen molar-refractivity contribution >= 4 is 28.9 Å². The number of hydrogen-bond donors (Lipinski definition) is 2. The average molecular weight is 372 g/mol. The van der Waals surface area contributed by atoms with E-state index in [1.165, 1.54) is 18.3 Å². The number of pyridine rings is 1. The third-order valence-electron chi connectivity index (χ3n) is 3.38. The summed E-state index contributed by atoms with van der Waals surface area (Å²) in [6, 6.07) is 10.7. The Morgan fingerprint density at radius 3 is 2.54 bits per heavy atom. The van der Waals surface area contributed by atoms with Gasteiger partial charge in [-0.15, -0.1) is 0 Å². The van der Waals surface area contributed by atoms with Crippen LogP contribution in [0.3, 0.4) is 0 Å². The Bertz CT molecular complexity index is 952. The van der Waals surface area contributed by atoms with Gasteiger partial charge in [0.25, 0.3) is 5.91 Å². The highest BCUT2D eigenvalue weighted by molar-refractivity contribution is 7.16. The van der Waals surface area contributed by atoms with Gasteiger partial charge in [0, 0.05) is 5.56 Å². The van der Waals surface area contributed by atoms with Crippen molar-refractivity contribution in [1.29, 1.82) is 0 Å². The van der Waals surface area contributed by atoms with E-state index in [1.807, 2.05) is 6.92 Å². The minimum atomic E-state index is -1.15. The molecule has 3 aromatic rings. The molecule has 1 amide bonds. The number of aryl methyl sites for hydroxylation is 1. The molecule has 3 rings (SSSR count). The number of aromatic carboxylic acids is 1. The first-order valence-corrected chi connectivity index (χ1v) is 8.28. The minimum absolute atomic E-state index is 0.00530. The number of benzene rings is 1. The van der Waals surface area contributed by atoms with Gasteiger partial charge in [-0.2, -0.15) is 4.39 Å². The maximum atomic E-state index is 12.9. The molecule has 2 heterocycles. The predicted octanol–water partition coefficient (Wildman–Crippen LogP) is 4.33. The summed E-state index contributed by atoms with van der Waals surface area (Å²) in [7, 11) is 0. The predicted molar refractivity (Wildman–Crippen MR) is 94.7 cm³/mol. The zero-order valence-electron chi connectivity index (χ0n) is 13.5. The Labute approximate surface area is 151 Å². The molecule has 0 unspecified atom stereocenters. The highest BCUT2D eigenvalue weighted by atomic mass is 32.1. The van der Waals surface area contributed by atoms with Crippen molar-refractivity contribution in [3.8, 4) is 10.8 Å². The number of hydrogen-bond acceptors (Lipinski definition) is 5. The van der Waals surface area contributed by atoms with Crippen LogP contribution >= 0.6 is 11.3 Å². The molecule has 6 nitrogen and oxygen atoms in total. The summed E-state index contributed by atoms with van der Waals surface area (Å²) in [6.45, 7) is 1.91. The van der Waals surface area contributed by atoms with Gasteiger partial charge in [0.15, 0.2) is 0 Å². The second-order valence-corrected chi connectivity index (χ2v) is 6.37. The molecule has 0 fully saturated rings. The number of rotatable bonds is 5. The fraction of sp³-hybridized carbons (Fsp3) is 0.0556. The highest BCUT2D eigenvalue weighted by Crippen LogP contribution is 2.38. The van der Waals surface area contributed by atoms with Crippen LogP contribution in [-0.4, -0.2) is 22.0 Å². The van der Waals surface area contributed by atoms with Crippen LogP contribution < -0.4 is 10.1 Å². The summed E-state index contributed by atoms with van der Waals surface area (Å²) in [4.78, 5) is 27.1. The van der Waals surface area contributed by atoms with Gasteiger partial charge < -0.3 is 15.2 Å². The highest BCUT2D eigenvalue weighted by Gasteiger charge is 2.18. The fourth-order valence-electron chi connectivity index (χ4n) is 2.07. The van der Waals surface area contributed by atoms with Crippen molar-refractivity contribution in [2.75, 3.05) is 5.32 Å². The Balaban J connectivity index is 1.87. The van der Waals surface area contributed by atoms with Crippen LogP contribution in [0, 0.1) is 12.9 Å². The van der Waals surface area contributed by atoms with Crippen LogP contribution in [0.4, 0.5) is 10.1 Å². The molecular formula is C18H13FN2O4S. The van der Waals surface area contributed by atoms with E-state index >= 15 is 0 Å². The molecule has 2 aromatic heterocycles. The van der Waals surface area contributed by atoms with Crippen molar-refractivity contribution in [2.45, 2.75) is 6.92 Å². The van der Waals surface area contributed by atoms with Gasteiger partial charge in [0.2, 0.25) is 11.0 Å². The summed E-state index contributed by atoms with van der Waals surface area (Å²) in [5, 5.41) is 12.0. The molecule has 0 aliphatic heterocycles. The number of halogens is 1. The molecule has 0 saturated carbocycles. The molecule has 132 valence electrons. The number of carbonyl (C=O) groups is 2. The number of carboxylic acid groups (broad SMARTS) is 1. The fourth-order valence-corrected chi connectivity index (χ4v) is 2.89. The molecule has 0 bridgehead atoms. The van der Waals surface area contributed by atoms with Crippen molar-refractivity contribution in [1.82, 2.24) is 4.98 Å². The van der Waals surface area contributed by atoms with Gasteiger partial charge in [0.05, 0.1) is 11.9 Å². The Kier molecular flexibility index (Phi) is 4.94. The number of aromatic nitrogens is 1. The first-order valence-electron chi connectivity index (χ1n) is 7.47. The first kappa shape index (κ1) is 17.6. The molecule has 0 atom stereocenters. The second kappa shape index (κ2) is 7.32. The average Bonchev–Trinajstić information content (AvgIpc) is 3.00. The summed E-state index contributed by atoms with van der Waals surface area (Å²) in [6.07, 6.45) is 1.17. The van der Waals surface area contributed by atoms with Crippen molar-refractivity contribution in [3.05, 3.63) is 70.6 Å². The van der Waals surface area contributed by atoms with E-state index in [2.05, 4.69) is 10.3 Å². The largest absolute Gasteiger partial charge is 0.477 e. The third-order valence-corrected chi connectivity index (χ3v) is 4.38. The monoisotopic (exact) mass is 372 g/mol. The Hall–Kier alpha value is -3.26. The first-order chi connectivity index (χ1) is 12.4. The minimum Gasteiger partial charge on any atom is -0.477 e. The molecule has 0 aliphatic rings. The topological polar surface area (TPSA) is 88.5 Å². The van der Waals surface area contributed by atoms with E-state index in [0.717, 1.165) is 23.0 Å². The number of carboxylic acids is 1. The van der Waals surface area contributed by atoms with Crippen molar-refractivity contribution in [3.63, 3.8) is 0 Å². The van der Waals surface area contributed by atoms with Gasteiger partial charge in [-0.05, 0) is 37.3 Å². The Morgan fingerprint density at radius 2 is 1.92 bits per heavy atom. The zero-order chi connectivity index (χ0) is 18.7. The van der Waals surface area contributed by atoms with Gasteiger partial charge >= 0.3 is 5.97 Å². The molecule has 8 heteroatoms. The van der Waals surface area contributed by atoms with Crippen molar-refractivity contribution in [2.24, 2.45) is 0 Å². The number of anilines is 1. The van der Waals surface area contributed by atoms with E-state index in [1.54, 1.807) is 24.3 Å². The number of nitrogens with zero attached hydrogens (tertiary/aromatic N) is 1. The summed E-state index contributed by atoms with van der Waals surface area (Å²) >= 11 is 0.848. The molecular weight excluding hydrogens is 359 g/mol. The molecule has 26 heavy (non-hydrogen) atoms. The smallest absolute Gasteiger partial charge is 0.346 e. The Morgan fingerprint density at radius 1 is 1.19 bits per heavy atom. The van der Waals surface area contributed by atoms with E-state index in [4.69, 9.17) is 4.74 Å². The van der Waals surface area contributed by atoms with E-state index in [-0.39, 0.29) is 21.4 Å². The van der Waals surface area contributed by atoms with Gasteiger partial charge in [-0.1, -0.05) is 29.0 Å². The summed E-state index contributed by atoms with van der Waals surface area (Å²) in [5.41, 5.74) is 1.65. The zero-order valence-corrected chi connectivity index (χ0v) is 14.3. The van der Waals surface area contributed by atoms with Crippen LogP contribution in [0.15, 0.2) is 48.7 Å².